The Morgan fingerprint density at radius 3 is 2.03 bits per heavy atom. The molecule has 3 N–H and O–H groups in total. The highest BCUT2D eigenvalue weighted by molar-refractivity contribution is 7.80. The molecule has 0 aliphatic rings. The number of ether oxygens (including phenoxy) is 1. The van der Waals surface area contributed by atoms with Crippen molar-refractivity contribution in [3.05, 3.63) is 80.4 Å². The van der Waals surface area contributed by atoms with Gasteiger partial charge in [-0.2, -0.15) is 0 Å². The van der Waals surface area contributed by atoms with Gasteiger partial charge in [0.25, 0.3) is 17.3 Å². The fraction of sp³-hybridized carbons (Fsp3) is 0.0556. The van der Waals surface area contributed by atoms with Crippen molar-refractivity contribution in [1.82, 2.24) is 16.2 Å². The van der Waals surface area contributed by atoms with Crippen molar-refractivity contribution in [3.63, 3.8) is 0 Å². The van der Waals surface area contributed by atoms with Gasteiger partial charge in [-0.15, -0.1) is 0 Å². The molecular weight excluding hydrogens is 430 g/mol. The molecule has 2 rings (SSSR count). The number of carbonyl (C=O) groups is 2. The Hall–Kier alpha value is -4.39. The van der Waals surface area contributed by atoms with Crippen LogP contribution in [0.5, 0.6) is 5.75 Å². The summed E-state index contributed by atoms with van der Waals surface area (Å²) in [6.45, 7) is -0.401. The maximum atomic E-state index is 11.8. The second-order valence-corrected chi connectivity index (χ2v) is 6.12. The van der Waals surface area contributed by atoms with Crippen LogP contribution in [0.3, 0.4) is 0 Å². The van der Waals surface area contributed by atoms with Crippen LogP contribution in [-0.4, -0.2) is 33.4 Å². The van der Waals surface area contributed by atoms with Gasteiger partial charge >= 0.3 is 0 Å². The van der Waals surface area contributed by atoms with E-state index in [1.54, 1.807) is 0 Å². The average Bonchev–Trinajstić information content (AvgIpc) is 2.75. The zero-order valence-corrected chi connectivity index (χ0v) is 16.5. The fourth-order valence-electron chi connectivity index (χ4n) is 2.04. The van der Waals surface area contributed by atoms with Gasteiger partial charge in [0.1, 0.15) is 5.75 Å². The number of hydrazine groups is 1. The summed E-state index contributed by atoms with van der Waals surface area (Å²) >= 11 is 4.87. The summed E-state index contributed by atoms with van der Waals surface area (Å²) in [5.41, 5.74) is 4.91. The highest BCUT2D eigenvalue weighted by atomic mass is 32.1. The van der Waals surface area contributed by atoms with Crippen LogP contribution in [0.4, 0.5) is 11.4 Å². The SMILES string of the molecule is O=C(/C=C/c1ccc([N+](=O)[O-])cc1)NC(=S)NNC(=O)COc1ccc([N+](=O)[O-])cc1. The van der Waals surface area contributed by atoms with Crippen molar-refractivity contribution in [1.29, 1.82) is 0 Å². The highest BCUT2D eigenvalue weighted by Crippen LogP contribution is 2.17. The summed E-state index contributed by atoms with van der Waals surface area (Å²) in [6.07, 6.45) is 2.59. The first kappa shape index (κ1) is 22.9. The monoisotopic (exact) mass is 445 g/mol. The van der Waals surface area contributed by atoms with E-state index in [1.165, 1.54) is 54.6 Å². The molecule has 0 fully saturated rings. The molecule has 2 aromatic rings. The Balaban J connectivity index is 1.71. The predicted molar refractivity (Wildman–Crippen MR) is 113 cm³/mol. The number of thiocarbonyl (C=S) groups is 1. The largest absolute Gasteiger partial charge is 0.484 e. The van der Waals surface area contributed by atoms with E-state index < -0.39 is 28.3 Å². The van der Waals surface area contributed by atoms with Crippen LogP contribution in [0.15, 0.2) is 54.6 Å². The van der Waals surface area contributed by atoms with Gasteiger partial charge in [-0.1, -0.05) is 0 Å². The Labute approximate surface area is 180 Å². The van der Waals surface area contributed by atoms with E-state index in [9.17, 15) is 29.8 Å². The molecule has 0 radical (unpaired) electrons. The lowest BCUT2D eigenvalue weighted by Gasteiger charge is -2.10. The quantitative estimate of drug-likeness (QED) is 0.248. The second-order valence-electron chi connectivity index (χ2n) is 5.71. The Morgan fingerprint density at radius 1 is 0.935 bits per heavy atom. The van der Waals surface area contributed by atoms with E-state index in [2.05, 4.69) is 16.2 Å². The number of hydrogen-bond donors (Lipinski definition) is 3. The highest BCUT2D eigenvalue weighted by Gasteiger charge is 2.08. The van der Waals surface area contributed by atoms with Crippen molar-refractivity contribution in [2.75, 3.05) is 6.61 Å². The molecule has 13 heteroatoms. The second kappa shape index (κ2) is 11.0. The first-order chi connectivity index (χ1) is 14.7. The molecule has 0 aliphatic carbocycles. The molecule has 0 heterocycles. The average molecular weight is 445 g/mol. The molecule has 0 bridgehead atoms. The number of nitro groups is 2. The number of nitrogens with zero attached hydrogens (tertiary/aromatic N) is 2. The van der Waals surface area contributed by atoms with Crippen LogP contribution in [0.25, 0.3) is 6.08 Å². The lowest BCUT2D eigenvalue weighted by Crippen LogP contribution is -2.49. The summed E-state index contributed by atoms with van der Waals surface area (Å²) in [6, 6.07) is 10.7. The third kappa shape index (κ3) is 7.86. The maximum Gasteiger partial charge on any atom is 0.276 e. The molecule has 0 saturated carbocycles. The smallest absolute Gasteiger partial charge is 0.276 e. The third-order valence-corrected chi connectivity index (χ3v) is 3.70. The zero-order chi connectivity index (χ0) is 22.8. The first-order valence-electron chi connectivity index (χ1n) is 8.44. The van der Waals surface area contributed by atoms with Gasteiger partial charge in [0.05, 0.1) is 9.85 Å². The number of carbonyl (C=O) groups excluding carboxylic acids is 2. The maximum absolute atomic E-state index is 11.8. The predicted octanol–water partition coefficient (Wildman–Crippen LogP) is 1.62. The van der Waals surface area contributed by atoms with Gasteiger partial charge in [-0.05, 0) is 48.1 Å². The van der Waals surface area contributed by atoms with Crippen molar-refractivity contribution in [2.24, 2.45) is 0 Å². The lowest BCUT2D eigenvalue weighted by atomic mass is 10.2. The van der Waals surface area contributed by atoms with Crippen LogP contribution in [0, 0.1) is 20.2 Å². The molecule has 0 aromatic heterocycles. The van der Waals surface area contributed by atoms with Gasteiger partial charge in [-0.3, -0.25) is 46.0 Å². The minimum Gasteiger partial charge on any atom is -0.484 e. The Bertz CT molecular complexity index is 1020. The minimum absolute atomic E-state index is 0.0692. The van der Waals surface area contributed by atoms with E-state index in [-0.39, 0.29) is 22.2 Å². The molecule has 0 atom stereocenters. The van der Waals surface area contributed by atoms with Gasteiger partial charge in [0.2, 0.25) is 5.91 Å². The number of nitrogens with one attached hydrogen (secondary N) is 3. The fourth-order valence-corrected chi connectivity index (χ4v) is 2.19. The molecule has 2 aromatic carbocycles. The van der Waals surface area contributed by atoms with Crippen LogP contribution < -0.4 is 20.9 Å². The molecule has 0 unspecified atom stereocenters. The van der Waals surface area contributed by atoms with Crippen LogP contribution in [-0.2, 0) is 9.59 Å². The first-order valence-corrected chi connectivity index (χ1v) is 8.85. The van der Waals surface area contributed by atoms with Crippen LogP contribution in [0.2, 0.25) is 0 Å². The summed E-state index contributed by atoms with van der Waals surface area (Å²) in [4.78, 5) is 43.6. The molecule has 0 spiro atoms. The van der Waals surface area contributed by atoms with Gasteiger partial charge < -0.3 is 4.74 Å². The number of nitro benzene ring substituents is 2. The molecule has 0 aliphatic heterocycles. The van der Waals surface area contributed by atoms with Gasteiger partial charge in [-0.25, -0.2) is 0 Å². The van der Waals surface area contributed by atoms with Gasteiger partial charge in [0, 0.05) is 30.3 Å². The van der Waals surface area contributed by atoms with Crippen molar-refractivity contribution < 1.29 is 24.2 Å². The molecule has 0 saturated heterocycles. The van der Waals surface area contributed by atoms with E-state index in [4.69, 9.17) is 17.0 Å². The standard InChI is InChI=1S/C18H15N5O7S/c24-16(10-3-12-1-4-13(5-2-12)22(26)27)19-18(31)21-20-17(25)11-30-15-8-6-14(7-9-15)23(28)29/h1-10H,11H2,(H,20,25)(H2,19,21,24,31)/b10-3+. The number of benzene rings is 2. The third-order valence-electron chi connectivity index (χ3n) is 3.50. The van der Waals surface area contributed by atoms with E-state index in [0.29, 0.717) is 5.56 Å². The van der Waals surface area contributed by atoms with Crippen molar-refractivity contribution in [2.45, 2.75) is 0 Å². The number of amides is 2. The molecular formula is C18H15N5O7S. The van der Waals surface area contributed by atoms with Crippen molar-refractivity contribution >= 4 is 46.6 Å². The summed E-state index contributed by atoms with van der Waals surface area (Å²) in [5, 5.41) is 23.3. The zero-order valence-electron chi connectivity index (χ0n) is 15.6. The molecule has 2 amide bonds. The van der Waals surface area contributed by atoms with Gasteiger partial charge in [0.15, 0.2) is 11.7 Å². The topological polar surface area (TPSA) is 166 Å². The number of rotatable bonds is 7. The van der Waals surface area contributed by atoms with E-state index >= 15 is 0 Å². The normalized spacial score (nSPS) is 10.2. The van der Waals surface area contributed by atoms with Crippen molar-refractivity contribution in [3.8, 4) is 5.75 Å². The summed E-state index contributed by atoms with van der Waals surface area (Å²) in [7, 11) is 0. The van der Waals surface area contributed by atoms with E-state index in [1.807, 2.05) is 0 Å². The number of non-ortho nitro benzene ring substituents is 2. The molecule has 12 nitrogen and oxygen atoms in total. The Morgan fingerprint density at radius 2 is 1.48 bits per heavy atom. The Kier molecular flexibility index (Phi) is 8.10. The summed E-state index contributed by atoms with van der Waals surface area (Å²) in [5.74, 6) is -0.948. The van der Waals surface area contributed by atoms with E-state index in [0.717, 1.165) is 6.08 Å². The minimum atomic E-state index is -0.614. The summed E-state index contributed by atoms with van der Waals surface area (Å²) < 4.78 is 5.17. The molecule has 160 valence electrons. The number of hydrogen-bond acceptors (Lipinski definition) is 8. The van der Waals surface area contributed by atoms with Crippen LogP contribution in [0.1, 0.15) is 5.56 Å². The lowest BCUT2D eigenvalue weighted by molar-refractivity contribution is -0.385. The molecule has 31 heavy (non-hydrogen) atoms. The van der Waals surface area contributed by atoms with Crippen LogP contribution >= 0.6 is 12.2 Å².